The number of anilines is 1. The molecule has 5 N–H and O–H groups in total. The largest absolute Gasteiger partial charge is 0.480 e. The van der Waals surface area contributed by atoms with Crippen molar-refractivity contribution in [3.63, 3.8) is 0 Å². The molecule has 0 radical (unpaired) electrons. The molecule has 43 heavy (non-hydrogen) atoms. The number of benzene rings is 4. The number of carboxylic acid groups (broad SMARTS) is 1. The number of carboxylic acids is 1. The quantitative estimate of drug-likeness (QED) is 0.211. The van der Waals surface area contributed by atoms with Crippen LogP contribution in [-0.4, -0.2) is 51.3 Å². The number of fused-ring (bicyclic) bond motifs is 3. The Morgan fingerprint density at radius 1 is 0.977 bits per heavy atom. The van der Waals surface area contributed by atoms with Gasteiger partial charge < -0.3 is 26.0 Å². The average Bonchev–Trinajstić information content (AvgIpc) is 3.63. The lowest BCUT2D eigenvalue weighted by molar-refractivity contribution is -0.141. The summed E-state index contributed by atoms with van der Waals surface area (Å²) in [5.41, 5.74) is 10.6. The molecule has 1 aromatic heterocycles. The number of rotatable bonds is 6. The summed E-state index contributed by atoms with van der Waals surface area (Å²) in [6.45, 7) is 2.23. The van der Waals surface area contributed by atoms with Gasteiger partial charge in [-0.3, -0.25) is 14.4 Å². The van der Waals surface area contributed by atoms with E-state index in [-0.39, 0.29) is 17.4 Å². The van der Waals surface area contributed by atoms with Crippen LogP contribution in [-0.2, 0) is 4.79 Å². The predicted octanol–water partition coefficient (Wildman–Crippen LogP) is 5.48. The van der Waals surface area contributed by atoms with Gasteiger partial charge in [-0.05, 0) is 85.0 Å². The molecule has 1 atom stereocenters. The Morgan fingerprint density at radius 3 is 2.44 bits per heavy atom. The van der Waals surface area contributed by atoms with Crippen molar-refractivity contribution in [1.82, 2.24) is 9.88 Å². The molecule has 3 amide bonds. The Bertz CT molecular complexity index is 1960. The van der Waals surface area contributed by atoms with Gasteiger partial charge >= 0.3 is 5.97 Å². The van der Waals surface area contributed by atoms with Gasteiger partial charge in [0.1, 0.15) is 11.9 Å². The third-order valence-electron chi connectivity index (χ3n) is 8.04. The van der Waals surface area contributed by atoms with Crippen molar-refractivity contribution in [2.45, 2.75) is 25.8 Å². The normalized spacial score (nSPS) is 14.7. The SMILES string of the molecule is Cc1c(NC(=O)c2ccc(F)cc2)cccc1-c1ccc(C(N)=O)c2[nH]c3cc(C(=O)N4CCC[C@H]4C(=O)O)ccc3c12. The van der Waals surface area contributed by atoms with Gasteiger partial charge in [-0.15, -0.1) is 0 Å². The summed E-state index contributed by atoms with van der Waals surface area (Å²) in [6.07, 6.45) is 1.02. The molecule has 4 aromatic carbocycles. The van der Waals surface area contributed by atoms with Crippen molar-refractivity contribution in [2.24, 2.45) is 5.73 Å². The van der Waals surface area contributed by atoms with Crippen molar-refractivity contribution in [3.8, 4) is 11.1 Å². The molecule has 5 aromatic rings. The fraction of sp³-hybridized carbons (Fsp3) is 0.152. The Kier molecular flexibility index (Phi) is 6.89. The van der Waals surface area contributed by atoms with Crippen LogP contribution in [0.3, 0.4) is 0 Å². The smallest absolute Gasteiger partial charge is 0.326 e. The van der Waals surface area contributed by atoms with Crippen LogP contribution in [0.25, 0.3) is 32.9 Å². The molecule has 0 aliphatic carbocycles. The first-order valence-electron chi connectivity index (χ1n) is 13.7. The lowest BCUT2D eigenvalue weighted by atomic mass is 9.93. The van der Waals surface area contributed by atoms with E-state index >= 15 is 0 Å². The zero-order valence-corrected chi connectivity index (χ0v) is 23.1. The summed E-state index contributed by atoms with van der Waals surface area (Å²) in [4.78, 5) is 54.9. The summed E-state index contributed by atoms with van der Waals surface area (Å²) < 4.78 is 13.3. The maximum Gasteiger partial charge on any atom is 0.326 e. The van der Waals surface area contributed by atoms with E-state index in [1.165, 1.54) is 29.2 Å². The number of aliphatic carboxylic acids is 1. The van der Waals surface area contributed by atoms with Gasteiger partial charge in [0.15, 0.2) is 0 Å². The highest BCUT2D eigenvalue weighted by Crippen LogP contribution is 2.39. The number of nitrogens with two attached hydrogens (primary N) is 1. The molecule has 216 valence electrons. The third-order valence-corrected chi connectivity index (χ3v) is 8.04. The molecule has 1 fully saturated rings. The fourth-order valence-corrected chi connectivity index (χ4v) is 5.87. The zero-order chi connectivity index (χ0) is 30.4. The minimum absolute atomic E-state index is 0.270. The number of carbonyl (C=O) groups is 4. The second kappa shape index (κ2) is 10.7. The summed E-state index contributed by atoms with van der Waals surface area (Å²) in [5, 5.41) is 13.9. The Labute approximate surface area is 245 Å². The Hall–Kier alpha value is -5.51. The van der Waals surface area contributed by atoms with E-state index in [1.807, 2.05) is 13.0 Å². The molecule has 2 heterocycles. The standard InChI is InChI=1S/C33H27FN4O5/c1-17-21(4-2-5-25(17)37-31(40)18-7-10-20(34)11-8-18)22-13-14-24(30(35)39)29-28(22)23-12-9-19(16-26(23)36-29)32(41)38-15-3-6-27(38)33(42)43/h2,4-5,7-14,16,27,36H,3,6,15H2,1H3,(H2,35,39)(H,37,40)(H,42,43)/t27-/m0/s1. The average molecular weight is 579 g/mol. The number of likely N-dealkylation sites (tertiary alicyclic amines) is 1. The van der Waals surface area contributed by atoms with Crippen LogP contribution in [0.1, 0.15) is 49.5 Å². The monoisotopic (exact) mass is 578 g/mol. The molecule has 1 saturated heterocycles. The van der Waals surface area contributed by atoms with Gasteiger partial charge in [0.25, 0.3) is 17.7 Å². The van der Waals surface area contributed by atoms with E-state index in [2.05, 4.69) is 10.3 Å². The molecule has 1 aliphatic rings. The maximum absolute atomic E-state index is 13.3. The van der Waals surface area contributed by atoms with E-state index in [1.54, 1.807) is 42.5 Å². The highest BCUT2D eigenvalue weighted by molar-refractivity contribution is 6.21. The van der Waals surface area contributed by atoms with E-state index in [0.717, 1.165) is 22.1 Å². The highest BCUT2D eigenvalue weighted by atomic mass is 19.1. The highest BCUT2D eigenvalue weighted by Gasteiger charge is 2.34. The Balaban J connectivity index is 1.45. The van der Waals surface area contributed by atoms with Gasteiger partial charge in [0.2, 0.25) is 0 Å². The molecule has 0 saturated carbocycles. The second-order valence-corrected chi connectivity index (χ2v) is 10.6. The number of aromatic nitrogens is 1. The molecule has 6 rings (SSSR count). The van der Waals surface area contributed by atoms with E-state index in [4.69, 9.17) is 5.73 Å². The minimum Gasteiger partial charge on any atom is -0.480 e. The van der Waals surface area contributed by atoms with E-state index < -0.39 is 23.7 Å². The number of nitrogens with zero attached hydrogens (tertiary/aromatic N) is 1. The summed E-state index contributed by atoms with van der Waals surface area (Å²) in [7, 11) is 0. The first kappa shape index (κ1) is 27.6. The van der Waals surface area contributed by atoms with E-state index in [9.17, 15) is 28.7 Å². The number of primary amides is 1. The summed E-state index contributed by atoms with van der Waals surface area (Å²) in [6, 6.07) is 18.4. The van der Waals surface area contributed by atoms with Gasteiger partial charge in [0.05, 0.1) is 11.1 Å². The number of amides is 3. The molecular weight excluding hydrogens is 551 g/mol. The molecule has 9 nitrogen and oxygen atoms in total. The zero-order valence-electron chi connectivity index (χ0n) is 23.1. The number of aromatic amines is 1. The lowest BCUT2D eigenvalue weighted by Crippen LogP contribution is -2.40. The van der Waals surface area contributed by atoms with Gasteiger partial charge in [-0.2, -0.15) is 0 Å². The summed E-state index contributed by atoms with van der Waals surface area (Å²) in [5.74, 6) is -2.85. The van der Waals surface area contributed by atoms with Gasteiger partial charge in [-0.1, -0.05) is 24.3 Å². The first-order chi connectivity index (χ1) is 20.6. The van der Waals surface area contributed by atoms with Gasteiger partial charge in [-0.25, -0.2) is 9.18 Å². The fourth-order valence-electron chi connectivity index (χ4n) is 5.87. The number of nitrogens with one attached hydrogen (secondary N) is 2. The van der Waals surface area contributed by atoms with Crippen LogP contribution < -0.4 is 11.1 Å². The van der Waals surface area contributed by atoms with Crippen LogP contribution >= 0.6 is 0 Å². The van der Waals surface area contributed by atoms with Crippen LogP contribution in [0, 0.1) is 12.7 Å². The second-order valence-electron chi connectivity index (χ2n) is 10.6. The number of hydrogen-bond donors (Lipinski definition) is 4. The van der Waals surface area contributed by atoms with Gasteiger partial charge in [0, 0.05) is 39.6 Å². The first-order valence-corrected chi connectivity index (χ1v) is 13.7. The van der Waals surface area contributed by atoms with Crippen LogP contribution in [0.4, 0.5) is 10.1 Å². The van der Waals surface area contributed by atoms with Crippen LogP contribution in [0.2, 0.25) is 0 Å². The number of carbonyl (C=O) groups excluding carboxylic acids is 3. The number of H-pyrrole nitrogens is 1. The molecule has 1 aliphatic heterocycles. The number of hydrogen-bond acceptors (Lipinski definition) is 4. The topological polar surface area (TPSA) is 146 Å². The maximum atomic E-state index is 13.3. The molecule has 0 unspecified atom stereocenters. The summed E-state index contributed by atoms with van der Waals surface area (Å²) >= 11 is 0. The van der Waals surface area contributed by atoms with Crippen molar-refractivity contribution >= 4 is 51.2 Å². The number of halogens is 1. The van der Waals surface area contributed by atoms with Crippen molar-refractivity contribution in [2.75, 3.05) is 11.9 Å². The molecular formula is C33H27FN4O5. The van der Waals surface area contributed by atoms with E-state index in [0.29, 0.717) is 52.6 Å². The molecule has 0 spiro atoms. The van der Waals surface area contributed by atoms with Crippen LogP contribution in [0.15, 0.2) is 72.8 Å². The van der Waals surface area contributed by atoms with Crippen molar-refractivity contribution in [3.05, 3.63) is 101 Å². The Morgan fingerprint density at radius 2 is 1.72 bits per heavy atom. The van der Waals surface area contributed by atoms with Crippen molar-refractivity contribution < 1.29 is 28.7 Å². The lowest BCUT2D eigenvalue weighted by Gasteiger charge is -2.21. The molecule has 0 bridgehead atoms. The van der Waals surface area contributed by atoms with Crippen molar-refractivity contribution in [1.29, 1.82) is 0 Å². The third kappa shape index (κ3) is 4.86. The van der Waals surface area contributed by atoms with Crippen LogP contribution in [0.5, 0.6) is 0 Å². The molecule has 10 heteroatoms. The predicted molar refractivity (Wildman–Crippen MR) is 161 cm³/mol. The minimum atomic E-state index is -1.03.